The molecule has 0 heterocycles. The van der Waals surface area contributed by atoms with E-state index in [0.29, 0.717) is 0 Å². The van der Waals surface area contributed by atoms with Gasteiger partial charge in [0.15, 0.2) is 0 Å². The number of allylic oxidation sites excluding steroid dienone is 13. The van der Waals surface area contributed by atoms with Crippen LogP contribution in [0.3, 0.4) is 0 Å². The van der Waals surface area contributed by atoms with E-state index in [0.717, 1.165) is 70.0 Å². The zero-order valence-corrected chi connectivity index (χ0v) is 19.2. The fraction of sp³-hybridized carbons (Fsp3) is 0.481. The largest absolute Gasteiger partial charge is 0.324 e. The molecule has 0 aromatic carbocycles. The van der Waals surface area contributed by atoms with Gasteiger partial charge in [-0.1, -0.05) is 93.3 Å². The first-order chi connectivity index (χ1) is 14.2. The van der Waals surface area contributed by atoms with Gasteiger partial charge in [0.05, 0.1) is 0 Å². The van der Waals surface area contributed by atoms with Crippen LogP contribution in [0.5, 0.6) is 0 Å². The van der Waals surface area contributed by atoms with Crippen LogP contribution in [0.25, 0.3) is 0 Å². The molecule has 2 heteroatoms. The summed E-state index contributed by atoms with van der Waals surface area (Å²) in [5.41, 5.74) is 4.40. The second-order valence-corrected chi connectivity index (χ2v) is 7.09. The van der Waals surface area contributed by atoms with E-state index in [-0.39, 0.29) is 0 Å². The maximum absolute atomic E-state index is 4.08. The molecule has 0 saturated heterocycles. The van der Waals surface area contributed by atoms with Crippen LogP contribution in [-0.2, 0) is 0 Å². The number of hydrogen-bond acceptors (Lipinski definition) is 2. The number of nitrogens with zero attached hydrogens (tertiary/aromatic N) is 1. The van der Waals surface area contributed by atoms with Gasteiger partial charge in [-0.05, 0) is 57.8 Å². The Kier molecular flexibility index (Phi) is 20.7. The van der Waals surface area contributed by atoms with Gasteiger partial charge in [-0.3, -0.25) is 0 Å². The standard InChI is InChI=1S/C27H44N2/c1-5-7-8-9-10-11-12-13-14-15-16-17-18-19-20-21-22-23-24-25-27(3)28-29(4)26-6-2/h7-8,10-11,13-14,16-17,19-20,22-23,28H,3,5-6,9,12,15,18,21,24-26H2,1-2,4H3/b8-7-,11-10-,14-13-,17-16-,20-19-,23-22-. The normalized spacial score (nSPS) is 13.0. The molecule has 0 aliphatic carbocycles. The number of rotatable bonds is 18. The Balaban J connectivity index is 3.61. The minimum Gasteiger partial charge on any atom is -0.324 e. The van der Waals surface area contributed by atoms with Crippen LogP contribution < -0.4 is 5.43 Å². The van der Waals surface area contributed by atoms with E-state index in [1.165, 1.54) is 0 Å². The summed E-state index contributed by atoms with van der Waals surface area (Å²) in [5.74, 6) is 0. The maximum atomic E-state index is 4.08. The van der Waals surface area contributed by atoms with Crippen molar-refractivity contribution in [3.05, 3.63) is 85.2 Å². The maximum Gasteiger partial charge on any atom is 0.0195 e. The van der Waals surface area contributed by atoms with Crippen molar-refractivity contribution in [2.75, 3.05) is 13.6 Å². The lowest BCUT2D eigenvalue weighted by atomic mass is 10.2. The highest BCUT2D eigenvalue weighted by molar-refractivity contribution is 5.02. The third kappa shape index (κ3) is 22.1. The molecule has 0 saturated carbocycles. The van der Waals surface area contributed by atoms with Gasteiger partial charge >= 0.3 is 0 Å². The zero-order valence-electron chi connectivity index (χ0n) is 19.2. The molecule has 29 heavy (non-hydrogen) atoms. The van der Waals surface area contributed by atoms with Gasteiger partial charge in [0.25, 0.3) is 0 Å². The topological polar surface area (TPSA) is 15.3 Å². The van der Waals surface area contributed by atoms with Crippen molar-refractivity contribution in [2.45, 2.75) is 71.6 Å². The van der Waals surface area contributed by atoms with E-state index in [1.54, 1.807) is 0 Å². The van der Waals surface area contributed by atoms with Crippen LogP contribution in [0.1, 0.15) is 71.6 Å². The highest BCUT2D eigenvalue weighted by Crippen LogP contribution is 2.02. The average molecular weight is 397 g/mol. The highest BCUT2D eigenvalue weighted by Gasteiger charge is 1.96. The van der Waals surface area contributed by atoms with E-state index in [9.17, 15) is 0 Å². The fourth-order valence-electron chi connectivity index (χ4n) is 2.61. The molecule has 0 aromatic rings. The van der Waals surface area contributed by atoms with E-state index in [1.807, 2.05) is 0 Å². The van der Waals surface area contributed by atoms with Crippen molar-refractivity contribution >= 4 is 0 Å². The van der Waals surface area contributed by atoms with Gasteiger partial charge in [0, 0.05) is 19.3 Å². The number of hydrogen-bond donors (Lipinski definition) is 1. The Morgan fingerprint density at radius 3 is 1.52 bits per heavy atom. The molecule has 162 valence electrons. The summed E-state index contributed by atoms with van der Waals surface area (Å²) in [6.07, 6.45) is 36.2. The van der Waals surface area contributed by atoms with E-state index in [2.05, 4.69) is 111 Å². The van der Waals surface area contributed by atoms with Crippen molar-refractivity contribution in [2.24, 2.45) is 0 Å². The molecule has 0 fully saturated rings. The molecular weight excluding hydrogens is 352 g/mol. The van der Waals surface area contributed by atoms with Crippen molar-refractivity contribution in [1.82, 2.24) is 10.4 Å². The van der Waals surface area contributed by atoms with E-state index in [4.69, 9.17) is 0 Å². The molecule has 0 spiro atoms. The van der Waals surface area contributed by atoms with Crippen LogP contribution in [0, 0.1) is 0 Å². The highest BCUT2D eigenvalue weighted by atomic mass is 15.5. The minimum atomic E-state index is 0.982. The van der Waals surface area contributed by atoms with E-state index < -0.39 is 0 Å². The summed E-state index contributed by atoms with van der Waals surface area (Å²) >= 11 is 0. The summed E-state index contributed by atoms with van der Waals surface area (Å²) in [5, 5.41) is 2.10. The number of hydrazine groups is 1. The summed E-state index contributed by atoms with van der Waals surface area (Å²) in [6.45, 7) is 9.46. The molecule has 0 radical (unpaired) electrons. The van der Waals surface area contributed by atoms with Crippen molar-refractivity contribution < 1.29 is 0 Å². The summed E-state index contributed by atoms with van der Waals surface area (Å²) in [6, 6.07) is 0. The van der Waals surface area contributed by atoms with Gasteiger partial charge in [-0.2, -0.15) is 0 Å². The Hall–Kier alpha value is -2.06. The van der Waals surface area contributed by atoms with Crippen LogP contribution in [0.4, 0.5) is 0 Å². The summed E-state index contributed by atoms with van der Waals surface area (Å²) in [4.78, 5) is 0. The first-order valence-corrected chi connectivity index (χ1v) is 11.3. The van der Waals surface area contributed by atoms with E-state index >= 15 is 0 Å². The molecular formula is C27H44N2. The summed E-state index contributed by atoms with van der Waals surface area (Å²) in [7, 11) is 2.06. The van der Waals surface area contributed by atoms with Gasteiger partial charge in [0.1, 0.15) is 0 Å². The second kappa shape index (κ2) is 22.2. The third-order valence-electron chi connectivity index (χ3n) is 4.12. The lowest BCUT2D eigenvalue weighted by Gasteiger charge is -2.19. The first kappa shape index (κ1) is 26.9. The third-order valence-corrected chi connectivity index (χ3v) is 4.12. The minimum absolute atomic E-state index is 0.982. The molecule has 1 N–H and O–H groups in total. The van der Waals surface area contributed by atoms with Crippen molar-refractivity contribution in [3.8, 4) is 0 Å². The lowest BCUT2D eigenvalue weighted by molar-refractivity contribution is 0.262. The van der Waals surface area contributed by atoms with Gasteiger partial charge in [-0.15, -0.1) is 0 Å². The van der Waals surface area contributed by atoms with Gasteiger partial charge < -0.3 is 5.43 Å². The Labute approximate surface area is 181 Å². The predicted molar refractivity (Wildman–Crippen MR) is 133 cm³/mol. The molecule has 0 aliphatic heterocycles. The molecule has 0 atom stereocenters. The zero-order chi connectivity index (χ0) is 21.4. The van der Waals surface area contributed by atoms with Crippen LogP contribution in [0.15, 0.2) is 85.2 Å². The SMILES string of the molecule is C=C(CC/C=C\C/C=C\C/C=C\C/C=C\C/C=C\C/C=C\CC)NN(C)CCC. The Morgan fingerprint density at radius 1 is 0.690 bits per heavy atom. The second-order valence-electron chi connectivity index (χ2n) is 7.09. The molecule has 0 aromatic heterocycles. The van der Waals surface area contributed by atoms with Crippen LogP contribution in [-0.4, -0.2) is 18.6 Å². The molecule has 0 amide bonds. The molecule has 2 nitrogen and oxygen atoms in total. The Morgan fingerprint density at radius 2 is 1.10 bits per heavy atom. The monoisotopic (exact) mass is 396 g/mol. The smallest absolute Gasteiger partial charge is 0.0195 e. The lowest BCUT2D eigenvalue weighted by Crippen LogP contribution is -2.33. The van der Waals surface area contributed by atoms with Crippen LogP contribution in [0.2, 0.25) is 0 Å². The number of nitrogens with one attached hydrogen (secondary N) is 1. The van der Waals surface area contributed by atoms with Crippen molar-refractivity contribution in [1.29, 1.82) is 0 Å². The summed E-state index contributed by atoms with van der Waals surface area (Å²) < 4.78 is 0. The van der Waals surface area contributed by atoms with Crippen LogP contribution >= 0.6 is 0 Å². The van der Waals surface area contributed by atoms with Gasteiger partial charge in [0.2, 0.25) is 0 Å². The molecule has 0 rings (SSSR count). The van der Waals surface area contributed by atoms with Gasteiger partial charge in [-0.25, -0.2) is 5.01 Å². The molecule has 0 unspecified atom stereocenters. The van der Waals surface area contributed by atoms with Crippen molar-refractivity contribution in [3.63, 3.8) is 0 Å². The molecule has 0 aliphatic rings. The first-order valence-electron chi connectivity index (χ1n) is 11.3. The quantitative estimate of drug-likeness (QED) is 0.188. The predicted octanol–water partition coefficient (Wildman–Crippen LogP) is 7.82. The average Bonchev–Trinajstić information content (AvgIpc) is 2.70. The fourth-order valence-corrected chi connectivity index (χ4v) is 2.61. The Bertz CT molecular complexity index is 547. The molecule has 0 bridgehead atoms.